The summed E-state index contributed by atoms with van der Waals surface area (Å²) in [5, 5.41) is 0.234. The van der Waals surface area contributed by atoms with Crippen LogP contribution in [0, 0.1) is 5.92 Å². The summed E-state index contributed by atoms with van der Waals surface area (Å²) in [6, 6.07) is 18.8. The van der Waals surface area contributed by atoms with Gasteiger partial charge in [-0.15, -0.1) is 0 Å². The van der Waals surface area contributed by atoms with E-state index in [9.17, 15) is 14.4 Å². The van der Waals surface area contributed by atoms with E-state index < -0.39 is 5.97 Å². The molecule has 0 radical (unpaired) electrons. The second-order valence-electron chi connectivity index (χ2n) is 10.5. The normalized spacial score (nSPS) is 11.8. The Bertz CT molecular complexity index is 1650. The molecule has 1 atom stereocenters. The average molecular weight is 599 g/mol. The largest absolute Gasteiger partial charge is 0.497 e. The molecule has 0 saturated heterocycles. The van der Waals surface area contributed by atoms with Crippen molar-refractivity contribution in [3.05, 3.63) is 94.2 Å². The van der Waals surface area contributed by atoms with Gasteiger partial charge in [-0.05, 0) is 41.7 Å². The smallest absolute Gasteiger partial charge is 0.336 e. The standard InChI is InChI=1S/C36H38O8/c1-5-7-8-24(6-2)19-35(39)42-23-26-9-14-27(15-10-26)31-22-30(37)36-32(41-4)20-29(21-33(36)44-31)43-34(38)18-13-25-11-16-28(40-3)17-12-25/h9-18,20-22,24H,5-8,19,23H2,1-4H3/b18-13+/t24-/m0/s1. The molecule has 0 aliphatic rings. The summed E-state index contributed by atoms with van der Waals surface area (Å²) in [6.07, 6.45) is 7.57. The molecule has 4 aromatic rings. The number of methoxy groups -OCH3 is 2. The summed E-state index contributed by atoms with van der Waals surface area (Å²) in [6.45, 7) is 4.42. The first-order valence-electron chi connectivity index (χ1n) is 14.8. The van der Waals surface area contributed by atoms with E-state index in [1.807, 2.05) is 24.3 Å². The van der Waals surface area contributed by atoms with Crippen molar-refractivity contribution in [2.24, 2.45) is 5.92 Å². The maximum Gasteiger partial charge on any atom is 0.336 e. The van der Waals surface area contributed by atoms with Crippen molar-refractivity contribution in [1.29, 1.82) is 0 Å². The second-order valence-corrected chi connectivity index (χ2v) is 10.5. The third kappa shape index (κ3) is 8.60. The van der Waals surface area contributed by atoms with Crippen LogP contribution in [-0.2, 0) is 20.9 Å². The lowest BCUT2D eigenvalue weighted by atomic mass is 9.96. The van der Waals surface area contributed by atoms with Crippen molar-refractivity contribution in [3.63, 3.8) is 0 Å². The van der Waals surface area contributed by atoms with Crippen LogP contribution in [-0.4, -0.2) is 26.2 Å². The molecule has 0 aliphatic heterocycles. The zero-order valence-electron chi connectivity index (χ0n) is 25.6. The predicted octanol–water partition coefficient (Wildman–Crippen LogP) is 7.75. The van der Waals surface area contributed by atoms with Crippen LogP contribution >= 0.6 is 0 Å². The summed E-state index contributed by atoms with van der Waals surface area (Å²) in [7, 11) is 3.01. The number of hydrogen-bond acceptors (Lipinski definition) is 8. The fraction of sp³-hybridized carbons (Fsp3) is 0.306. The molecule has 8 heteroatoms. The molecule has 0 spiro atoms. The number of rotatable bonds is 14. The van der Waals surface area contributed by atoms with Crippen LogP contribution in [0.1, 0.15) is 57.1 Å². The Morgan fingerprint density at radius 2 is 1.66 bits per heavy atom. The number of fused-ring (bicyclic) bond motifs is 1. The zero-order chi connectivity index (χ0) is 31.5. The van der Waals surface area contributed by atoms with Crippen LogP contribution < -0.4 is 19.6 Å². The fourth-order valence-corrected chi connectivity index (χ4v) is 4.79. The Kier molecular flexibility index (Phi) is 11.3. The minimum absolute atomic E-state index is 0.163. The third-order valence-electron chi connectivity index (χ3n) is 7.37. The van der Waals surface area contributed by atoms with Gasteiger partial charge in [-0.3, -0.25) is 9.59 Å². The van der Waals surface area contributed by atoms with Crippen molar-refractivity contribution in [1.82, 2.24) is 0 Å². The zero-order valence-corrected chi connectivity index (χ0v) is 25.6. The first-order valence-corrected chi connectivity index (χ1v) is 14.8. The molecule has 4 rings (SSSR count). The van der Waals surface area contributed by atoms with Crippen LogP contribution in [0.5, 0.6) is 17.2 Å². The number of hydrogen-bond donors (Lipinski definition) is 0. The van der Waals surface area contributed by atoms with Gasteiger partial charge < -0.3 is 23.4 Å². The number of carbonyl (C=O) groups is 2. The summed E-state index contributed by atoms with van der Waals surface area (Å²) in [5.41, 5.74) is 2.19. The summed E-state index contributed by atoms with van der Waals surface area (Å²) in [5.74, 6) is 0.973. The van der Waals surface area contributed by atoms with Crippen molar-refractivity contribution < 1.29 is 33.0 Å². The van der Waals surface area contributed by atoms with Gasteiger partial charge in [-0.1, -0.05) is 69.5 Å². The summed E-state index contributed by atoms with van der Waals surface area (Å²) >= 11 is 0. The molecule has 230 valence electrons. The molecule has 3 aromatic carbocycles. The number of carbonyl (C=O) groups excluding carboxylic acids is 2. The average Bonchev–Trinajstić information content (AvgIpc) is 3.04. The molecule has 1 aromatic heterocycles. The number of benzene rings is 3. The van der Waals surface area contributed by atoms with Crippen LogP contribution in [0.15, 0.2) is 82.0 Å². The van der Waals surface area contributed by atoms with E-state index in [-0.39, 0.29) is 40.5 Å². The van der Waals surface area contributed by atoms with E-state index in [1.54, 1.807) is 37.5 Å². The van der Waals surface area contributed by atoms with Crippen molar-refractivity contribution in [2.45, 2.75) is 52.6 Å². The number of ether oxygens (including phenoxy) is 4. The van der Waals surface area contributed by atoms with E-state index >= 15 is 0 Å². The highest BCUT2D eigenvalue weighted by Gasteiger charge is 2.16. The van der Waals surface area contributed by atoms with E-state index in [0.29, 0.717) is 29.4 Å². The molecule has 1 heterocycles. The highest BCUT2D eigenvalue weighted by Crippen LogP contribution is 2.32. The predicted molar refractivity (Wildman–Crippen MR) is 170 cm³/mol. The SMILES string of the molecule is CCCC[C@H](CC)CC(=O)OCc1ccc(-c2cc(=O)c3c(OC)cc(OC(=O)/C=C/c4ccc(OC)cc4)cc3o2)cc1. The molecule has 0 bridgehead atoms. The van der Waals surface area contributed by atoms with Crippen LogP contribution in [0.4, 0.5) is 0 Å². The monoisotopic (exact) mass is 598 g/mol. The second kappa shape index (κ2) is 15.6. The Morgan fingerprint density at radius 1 is 0.909 bits per heavy atom. The Morgan fingerprint density at radius 3 is 2.32 bits per heavy atom. The van der Waals surface area contributed by atoms with Gasteiger partial charge >= 0.3 is 11.9 Å². The van der Waals surface area contributed by atoms with Gasteiger partial charge in [0, 0.05) is 36.3 Å². The molecule has 0 unspecified atom stereocenters. The quantitative estimate of drug-likeness (QED) is 0.0825. The molecular weight excluding hydrogens is 560 g/mol. The van der Waals surface area contributed by atoms with Gasteiger partial charge in [0.15, 0.2) is 5.43 Å². The van der Waals surface area contributed by atoms with Gasteiger partial charge in [0.25, 0.3) is 0 Å². The summed E-state index contributed by atoms with van der Waals surface area (Å²) in [4.78, 5) is 38.0. The lowest BCUT2D eigenvalue weighted by Gasteiger charge is -2.13. The first-order chi connectivity index (χ1) is 21.3. The highest BCUT2D eigenvalue weighted by molar-refractivity contribution is 5.91. The molecule has 0 saturated carbocycles. The van der Waals surface area contributed by atoms with E-state index in [4.69, 9.17) is 23.4 Å². The lowest BCUT2D eigenvalue weighted by molar-refractivity contribution is -0.146. The van der Waals surface area contributed by atoms with Crippen molar-refractivity contribution in [3.8, 4) is 28.6 Å². The van der Waals surface area contributed by atoms with Crippen LogP contribution in [0.2, 0.25) is 0 Å². The van der Waals surface area contributed by atoms with Crippen LogP contribution in [0.3, 0.4) is 0 Å². The Labute approximate surface area is 257 Å². The molecule has 0 N–H and O–H groups in total. The van der Waals surface area contributed by atoms with Crippen molar-refractivity contribution in [2.75, 3.05) is 14.2 Å². The summed E-state index contributed by atoms with van der Waals surface area (Å²) < 4.78 is 27.7. The maximum absolute atomic E-state index is 13.1. The lowest BCUT2D eigenvalue weighted by Crippen LogP contribution is -2.11. The van der Waals surface area contributed by atoms with E-state index in [2.05, 4.69) is 13.8 Å². The maximum atomic E-state index is 13.1. The minimum Gasteiger partial charge on any atom is -0.497 e. The molecule has 44 heavy (non-hydrogen) atoms. The van der Waals surface area contributed by atoms with Crippen LogP contribution in [0.25, 0.3) is 28.4 Å². The molecule has 0 fully saturated rings. The number of esters is 2. The third-order valence-corrected chi connectivity index (χ3v) is 7.37. The van der Waals surface area contributed by atoms with Crippen molar-refractivity contribution >= 4 is 29.0 Å². The van der Waals surface area contributed by atoms with Gasteiger partial charge in [0.1, 0.15) is 40.6 Å². The van der Waals surface area contributed by atoms with Gasteiger partial charge in [-0.2, -0.15) is 0 Å². The molecular formula is C36H38O8. The Balaban J connectivity index is 1.47. The van der Waals surface area contributed by atoms with Gasteiger partial charge in [0.2, 0.25) is 0 Å². The molecule has 0 amide bonds. The minimum atomic E-state index is -0.608. The Hall–Kier alpha value is -4.85. The van der Waals surface area contributed by atoms with E-state index in [1.165, 1.54) is 31.4 Å². The van der Waals surface area contributed by atoms with Gasteiger partial charge in [0.05, 0.1) is 14.2 Å². The number of unbranched alkanes of at least 4 members (excludes halogenated alkanes) is 1. The molecule has 0 aliphatic carbocycles. The van der Waals surface area contributed by atoms with Gasteiger partial charge in [-0.25, -0.2) is 4.79 Å². The van der Waals surface area contributed by atoms with E-state index in [0.717, 1.165) is 36.8 Å². The first kappa shape index (κ1) is 32.1. The topological polar surface area (TPSA) is 101 Å². The highest BCUT2D eigenvalue weighted by atomic mass is 16.5. The fourth-order valence-electron chi connectivity index (χ4n) is 4.79. The molecule has 8 nitrogen and oxygen atoms in total.